The van der Waals surface area contributed by atoms with Gasteiger partial charge in [0.2, 0.25) is 0 Å². The van der Waals surface area contributed by atoms with E-state index in [1.165, 1.54) is 0 Å². The quantitative estimate of drug-likeness (QED) is 0.806. The van der Waals surface area contributed by atoms with Gasteiger partial charge in [0.15, 0.2) is 5.60 Å². The highest BCUT2D eigenvalue weighted by Crippen LogP contribution is 2.43. The van der Waals surface area contributed by atoms with Gasteiger partial charge in [-0.05, 0) is 37.5 Å². The van der Waals surface area contributed by atoms with Gasteiger partial charge in [0.1, 0.15) is 5.75 Å². The minimum Gasteiger partial charge on any atom is -0.497 e. The second kappa shape index (κ2) is 3.90. The molecule has 0 N–H and O–H groups in total. The first kappa shape index (κ1) is 11.4. The van der Waals surface area contributed by atoms with Crippen molar-refractivity contribution in [1.82, 2.24) is 4.90 Å². The molecule has 2 heterocycles. The molecular formula is C14H17NO3. The molecule has 1 amide bonds. The van der Waals surface area contributed by atoms with E-state index in [9.17, 15) is 4.79 Å². The van der Waals surface area contributed by atoms with E-state index in [1.807, 2.05) is 36.1 Å². The number of methoxy groups -OCH3 is 1. The minimum atomic E-state index is -0.528. The van der Waals surface area contributed by atoms with Crippen molar-refractivity contribution in [2.45, 2.75) is 31.4 Å². The average molecular weight is 247 g/mol. The zero-order chi connectivity index (χ0) is 12.8. The molecule has 2 aliphatic rings. The molecule has 96 valence electrons. The summed E-state index contributed by atoms with van der Waals surface area (Å²) in [6, 6.07) is 7.94. The van der Waals surface area contributed by atoms with E-state index in [0.29, 0.717) is 0 Å². The molecule has 4 nitrogen and oxygen atoms in total. The lowest BCUT2D eigenvalue weighted by molar-refractivity contribution is 0.0484. The molecule has 0 spiro atoms. The lowest BCUT2D eigenvalue weighted by Gasteiger charge is -2.28. The molecule has 3 rings (SSSR count). The van der Waals surface area contributed by atoms with Crippen molar-refractivity contribution in [3.8, 4) is 5.75 Å². The Labute approximate surface area is 106 Å². The molecule has 0 aliphatic carbocycles. The maximum Gasteiger partial charge on any atom is 0.411 e. The van der Waals surface area contributed by atoms with Crippen molar-refractivity contribution in [3.63, 3.8) is 0 Å². The minimum absolute atomic E-state index is 0.165. The van der Waals surface area contributed by atoms with Crippen LogP contribution < -0.4 is 4.74 Å². The highest BCUT2D eigenvalue weighted by molar-refractivity contribution is 5.72. The summed E-state index contributed by atoms with van der Waals surface area (Å²) < 4.78 is 10.8. The topological polar surface area (TPSA) is 38.8 Å². The Morgan fingerprint density at radius 1 is 1.39 bits per heavy atom. The van der Waals surface area contributed by atoms with Crippen molar-refractivity contribution < 1.29 is 14.3 Å². The number of hydrogen-bond donors (Lipinski definition) is 0. The Morgan fingerprint density at radius 2 is 2.11 bits per heavy atom. The molecule has 2 atom stereocenters. The third-order valence-electron chi connectivity index (χ3n) is 4.09. The highest BCUT2D eigenvalue weighted by Gasteiger charge is 2.53. The third-order valence-corrected chi connectivity index (χ3v) is 4.09. The van der Waals surface area contributed by atoms with Crippen LogP contribution in [-0.2, 0) is 10.3 Å². The zero-order valence-corrected chi connectivity index (χ0v) is 10.7. The summed E-state index contributed by atoms with van der Waals surface area (Å²) in [5.41, 5.74) is 0.505. The first-order valence-corrected chi connectivity index (χ1v) is 6.29. The summed E-state index contributed by atoms with van der Waals surface area (Å²) in [4.78, 5) is 13.7. The molecule has 4 heteroatoms. The number of carbonyl (C=O) groups excluding carboxylic acids is 1. The van der Waals surface area contributed by atoms with Crippen LogP contribution in [-0.4, -0.2) is 30.7 Å². The number of rotatable bonds is 2. The van der Waals surface area contributed by atoms with Crippen molar-refractivity contribution >= 4 is 6.09 Å². The van der Waals surface area contributed by atoms with E-state index in [0.717, 1.165) is 30.7 Å². The molecule has 0 radical (unpaired) electrons. The van der Waals surface area contributed by atoms with Gasteiger partial charge in [0.25, 0.3) is 0 Å². The highest BCUT2D eigenvalue weighted by atomic mass is 16.6. The van der Waals surface area contributed by atoms with Crippen LogP contribution >= 0.6 is 0 Å². The van der Waals surface area contributed by atoms with E-state index >= 15 is 0 Å². The maximum absolute atomic E-state index is 11.8. The van der Waals surface area contributed by atoms with Crippen LogP contribution in [0.5, 0.6) is 5.75 Å². The van der Waals surface area contributed by atoms with Crippen molar-refractivity contribution in [3.05, 3.63) is 29.8 Å². The van der Waals surface area contributed by atoms with E-state index in [4.69, 9.17) is 9.47 Å². The van der Waals surface area contributed by atoms with Crippen LogP contribution in [0.2, 0.25) is 0 Å². The van der Waals surface area contributed by atoms with Gasteiger partial charge in [-0.15, -0.1) is 0 Å². The van der Waals surface area contributed by atoms with Crippen LogP contribution in [0.1, 0.15) is 25.3 Å². The average Bonchev–Trinajstić information content (AvgIpc) is 2.95. The predicted molar refractivity (Wildman–Crippen MR) is 66.6 cm³/mol. The fraction of sp³-hybridized carbons (Fsp3) is 0.500. The monoisotopic (exact) mass is 247 g/mol. The standard InChI is InChI=1S/C14H17NO3/c1-14(10-5-7-11(17-2)8-6-10)12-4-3-9-15(12)13(16)18-14/h5-8,12H,3-4,9H2,1-2H3/t12-,14+/m0/s1. The van der Waals surface area contributed by atoms with Crippen LogP contribution in [0, 0.1) is 0 Å². The van der Waals surface area contributed by atoms with Gasteiger partial charge < -0.3 is 14.4 Å². The van der Waals surface area contributed by atoms with Gasteiger partial charge in [-0.3, -0.25) is 0 Å². The fourth-order valence-corrected chi connectivity index (χ4v) is 3.04. The summed E-state index contributed by atoms with van der Waals surface area (Å²) in [7, 11) is 1.64. The maximum atomic E-state index is 11.8. The second-order valence-corrected chi connectivity index (χ2v) is 5.05. The third kappa shape index (κ3) is 1.48. The largest absolute Gasteiger partial charge is 0.497 e. The Morgan fingerprint density at radius 3 is 2.78 bits per heavy atom. The number of hydrogen-bond acceptors (Lipinski definition) is 3. The lowest BCUT2D eigenvalue weighted by Crippen LogP contribution is -2.37. The molecule has 1 aromatic carbocycles. The van der Waals surface area contributed by atoms with Crippen LogP contribution in [0.15, 0.2) is 24.3 Å². The number of ether oxygens (including phenoxy) is 2. The van der Waals surface area contributed by atoms with Crippen molar-refractivity contribution in [2.75, 3.05) is 13.7 Å². The smallest absolute Gasteiger partial charge is 0.411 e. The van der Waals surface area contributed by atoms with Crippen LogP contribution in [0.3, 0.4) is 0 Å². The molecule has 0 saturated carbocycles. The molecule has 1 aromatic rings. The van der Waals surface area contributed by atoms with Crippen molar-refractivity contribution in [1.29, 1.82) is 0 Å². The molecule has 0 bridgehead atoms. The van der Waals surface area contributed by atoms with E-state index < -0.39 is 5.60 Å². The summed E-state index contributed by atoms with van der Waals surface area (Å²) in [5, 5.41) is 0. The summed E-state index contributed by atoms with van der Waals surface area (Å²) in [6.07, 6.45) is 1.88. The molecule has 0 unspecified atom stereocenters. The van der Waals surface area contributed by atoms with Gasteiger partial charge in [-0.2, -0.15) is 0 Å². The van der Waals surface area contributed by atoms with E-state index in [-0.39, 0.29) is 12.1 Å². The Hall–Kier alpha value is -1.71. The van der Waals surface area contributed by atoms with Crippen LogP contribution in [0.4, 0.5) is 4.79 Å². The van der Waals surface area contributed by atoms with Crippen molar-refractivity contribution in [2.24, 2.45) is 0 Å². The molecule has 2 aliphatic heterocycles. The van der Waals surface area contributed by atoms with Gasteiger partial charge in [0, 0.05) is 6.54 Å². The normalized spacial score (nSPS) is 30.2. The Balaban J connectivity index is 1.96. The Kier molecular flexibility index (Phi) is 2.47. The fourth-order valence-electron chi connectivity index (χ4n) is 3.04. The molecule has 0 aromatic heterocycles. The SMILES string of the molecule is COc1ccc([C@@]2(C)OC(=O)N3CCC[C@H]32)cc1. The molecular weight excluding hydrogens is 230 g/mol. The van der Waals surface area contributed by atoms with Gasteiger partial charge >= 0.3 is 6.09 Å². The lowest BCUT2D eigenvalue weighted by atomic mass is 9.87. The van der Waals surface area contributed by atoms with E-state index in [1.54, 1.807) is 7.11 Å². The number of fused-ring (bicyclic) bond motifs is 1. The zero-order valence-electron chi connectivity index (χ0n) is 10.7. The molecule has 2 fully saturated rings. The molecule has 18 heavy (non-hydrogen) atoms. The summed E-state index contributed by atoms with van der Waals surface area (Å²) in [6.45, 7) is 2.82. The van der Waals surface area contributed by atoms with Gasteiger partial charge in [-0.25, -0.2) is 4.79 Å². The van der Waals surface area contributed by atoms with Crippen LogP contribution in [0.25, 0.3) is 0 Å². The van der Waals surface area contributed by atoms with E-state index in [2.05, 4.69) is 0 Å². The predicted octanol–water partition coefficient (Wildman–Crippen LogP) is 2.53. The van der Waals surface area contributed by atoms with Gasteiger partial charge in [0.05, 0.1) is 13.2 Å². The number of nitrogens with zero attached hydrogens (tertiary/aromatic N) is 1. The number of carbonyl (C=O) groups is 1. The molecule has 2 saturated heterocycles. The summed E-state index contributed by atoms with van der Waals surface area (Å²) >= 11 is 0. The number of cyclic esters (lactones) is 1. The summed E-state index contributed by atoms with van der Waals surface area (Å²) in [5.74, 6) is 0.815. The first-order valence-electron chi connectivity index (χ1n) is 6.29. The second-order valence-electron chi connectivity index (χ2n) is 5.05. The van der Waals surface area contributed by atoms with Gasteiger partial charge in [-0.1, -0.05) is 12.1 Å². The number of amides is 1. The first-order chi connectivity index (χ1) is 8.65. The Bertz CT molecular complexity index is 470. The number of benzene rings is 1.